The predicted octanol–water partition coefficient (Wildman–Crippen LogP) is 2.51. The minimum Gasteiger partial charge on any atom is -0.239 e. The average Bonchev–Trinajstić information content (AvgIpc) is 2.62. The third-order valence-corrected chi connectivity index (χ3v) is 9.41. The van der Waals surface area contributed by atoms with Crippen LogP contribution in [0.15, 0.2) is 30.3 Å². The van der Waals surface area contributed by atoms with Crippen LogP contribution in [0, 0.1) is 0 Å². The van der Waals surface area contributed by atoms with Gasteiger partial charge in [-0.1, -0.05) is 18.2 Å². The lowest BCUT2D eigenvalue weighted by Gasteiger charge is -2.30. The minimum atomic E-state index is -4.41. The fourth-order valence-electron chi connectivity index (χ4n) is 2.25. The van der Waals surface area contributed by atoms with Gasteiger partial charge < -0.3 is 0 Å². The highest BCUT2D eigenvalue weighted by Gasteiger charge is 2.56. The smallest absolute Gasteiger partial charge is 0.239 e. The molecule has 0 amide bonds. The Bertz CT molecular complexity index is 759. The molecule has 0 aliphatic carbocycles. The van der Waals surface area contributed by atoms with Crippen molar-refractivity contribution in [3.8, 4) is 0 Å². The van der Waals surface area contributed by atoms with Crippen LogP contribution in [0.1, 0.15) is 30.1 Å². The minimum absolute atomic E-state index is 0.0251. The maximum atomic E-state index is 12.8. The maximum Gasteiger partial charge on any atom is 0.400 e. The van der Waals surface area contributed by atoms with E-state index in [1.165, 1.54) is 19.1 Å². The molecule has 0 atom stereocenters. The van der Waals surface area contributed by atoms with Gasteiger partial charge in [0.25, 0.3) is 0 Å². The van der Waals surface area contributed by atoms with E-state index in [9.17, 15) is 21.6 Å². The molecular formula is C15H22Cl2NO6S2+. The first-order chi connectivity index (χ1) is 12.2. The Balaban J connectivity index is 3.42. The van der Waals surface area contributed by atoms with Gasteiger partial charge in [0.2, 0.25) is 0 Å². The summed E-state index contributed by atoms with van der Waals surface area (Å²) < 4.78 is 49.6. The van der Waals surface area contributed by atoms with E-state index in [0.717, 1.165) is 0 Å². The van der Waals surface area contributed by atoms with Gasteiger partial charge in [0.15, 0.2) is 0 Å². The highest BCUT2D eigenvalue weighted by molar-refractivity contribution is 7.98. The number of rotatable bonds is 11. The zero-order valence-corrected chi connectivity index (χ0v) is 17.5. The van der Waals surface area contributed by atoms with Crippen molar-refractivity contribution in [3.63, 3.8) is 0 Å². The van der Waals surface area contributed by atoms with Crippen molar-refractivity contribution in [3.05, 3.63) is 35.9 Å². The van der Waals surface area contributed by atoms with Gasteiger partial charge in [0.05, 0.1) is 9.02 Å². The van der Waals surface area contributed by atoms with Crippen LogP contribution in [0.3, 0.4) is 0 Å². The fraction of sp³-hybridized carbons (Fsp3) is 0.533. The molecule has 0 saturated carbocycles. The molecule has 0 heterocycles. The summed E-state index contributed by atoms with van der Waals surface area (Å²) in [4.78, 5) is 17.6. The lowest BCUT2D eigenvalue weighted by atomic mass is 10.2. The van der Waals surface area contributed by atoms with E-state index in [-0.39, 0.29) is 30.2 Å². The zero-order chi connectivity index (χ0) is 19.8. The predicted molar refractivity (Wildman–Crippen MR) is 101 cm³/mol. The second kappa shape index (κ2) is 9.89. The number of hydroxylamine groups is 1. The zero-order valence-electron chi connectivity index (χ0n) is 14.3. The number of hydrogen-bond donors (Lipinski definition) is 0. The van der Waals surface area contributed by atoms with Crippen LogP contribution in [0.4, 0.5) is 0 Å². The summed E-state index contributed by atoms with van der Waals surface area (Å²) in [7, 11) is -8.82. The van der Waals surface area contributed by atoms with Crippen LogP contribution >= 0.6 is 23.2 Å². The van der Waals surface area contributed by atoms with Gasteiger partial charge >= 0.3 is 26.0 Å². The summed E-state index contributed by atoms with van der Waals surface area (Å²) in [6.07, 6.45) is 0.0512. The molecule has 0 saturated heterocycles. The first-order valence-corrected chi connectivity index (χ1v) is 12.2. The molecule has 26 heavy (non-hydrogen) atoms. The topological polar surface area (TPSA) is 94.6 Å². The molecule has 1 rings (SSSR count). The molecule has 148 valence electrons. The van der Waals surface area contributed by atoms with Crippen LogP contribution < -0.4 is 0 Å². The van der Waals surface area contributed by atoms with Crippen LogP contribution in [0.25, 0.3) is 0 Å². The van der Waals surface area contributed by atoms with E-state index in [1.807, 2.05) is 0 Å². The Morgan fingerprint density at radius 2 is 1.42 bits per heavy atom. The second-order valence-electron chi connectivity index (χ2n) is 5.33. The quantitative estimate of drug-likeness (QED) is 0.294. The largest absolute Gasteiger partial charge is 0.400 e. The number of carbonyl (C=O) groups is 1. The Morgan fingerprint density at radius 1 is 0.962 bits per heavy atom. The van der Waals surface area contributed by atoms with Gasteiger partial charge in [0.1, 0.15) is 18.1 Å². The molecule has 0 bridgehead atoms. The van der Waals surface area contributed by atoms with Crippen molar-refractivity contribution in [2.45, 2.75) is 19.8 Å². The van der Waals surface area contributed by atoms with Crippen molar-refractivity contribution < 1.29 is 29.9 Å². The normalized spacial score (nSPS) is 12.7. The average molecular weight is 447 g/mol. The van der Waals surface area contributed by atoms with E-state index < -0.39 is 47.5 Å². The molecule has 0 aliphatic rings. The number of carbonyl (C=O) groups excluding carboxylic acids is 1. The van der Waals surface area contributed by atoms with Crippen LogP contribution in [-0.2, 0) is 24.9 Å². The number of halogens is 2. The van der Waals surface area contributed by atoms with Gasteiger partial charge in [-0.15, -0.1) is 23.2 Å². The van der Waals surface area contributed by atoms with Gasteiger partial charge in [-0.05, 0) is 31.9 Å². The first-order valence-electron chi connectivity index (χ1n) is 7.92. The summed E-state index contributed by atoms with van der Waals surface area (Å²) in [5.41, 5.74) is 0.0449. The Hall–Kier alpha value is -0.870. The lowest BCUT2D eigenvalue weighted by Crippen LogP contribution is -2.59. The molecule has 7 nitrogen and oxygen atoms in total. The molecular weight excluding hydrogens is 425 g/mol. The third kappa shape index (κ3) is 5.10. The standard InChI is InChI=1S/C15H22Cl2NO6S2/c1-2-18(25(20,21)12-6-10-16,26(22,23)13-7-11-17)24-15(19)14-8-4-3-5-9-14/h3-5,8-9H,2,6-7,10-13H2,1H3/q+1. The van der Waals surface area contributed by atoms with Crippen molar-refractivity contribution in [1.29, 1.82) is 0 Å². The molecule has 0 spiro atoms. The van der Waals surface area contributed by atoms with Crippen molar-refractivity contribution in [2.75, 3.05) is 29.8 Å². The number of benzene rings is 1. The third-order valence-electron chi connectivity index (χ3n) is 3.54. The van der Waals surface area contributed by atoms with Crippen LogP contribution in [0.5, 0.6) is 0 Å². The van der Waals surface area contributed by atoms with E-state index in [0.29, 0.717) is 0 Å². The van der Waals surface area contributed by atoms with Crippen LogP contribution in [-0.4, -0.2) is 56.1 Å². The summed E-state index contributed by atoms with van der Waals surface area (Å²) >= 11 is 11.1. The molecule has 0 fully saturated rings. The number of quaternary nitrogens is 1. The van der Waals surface area contributed by atoms with E-state index in [1.54, 1.807) is 18.2 Å². The molecule has 1 aromatic rings. The summed E-state index contributed by atoms with van der Waals surface area (Å²) in [5, 5.41) is 0. The van der Waals surface area contributed by atoms with E-state index in [4.69, 9.17) is 28.0 Å². The number of sulfonamides is 2. The highest BCUT2D eigenvalue weighted by Crippen LogP contribution is 2.27. The van der Waals surface area contributed by atoms with Gasteiger partial charge in [-0.25, -0.2) is 9.63 Å². The molecule has 0 aliphatic heterocycles. The van der Waals surface area contributed by atoms with Crippen molar-refractivity contribution in [1.82, 2.24) is 0 Å². The number of alkyl halides is 2. The lowest BCUT2D eigenvalue weighted by molar-refractivity contribution is -0.877. The van der Waals surface area contributed by atoms with E-state index in [2.05, 4.69) is 0 Å². The van der Waals surface area contributed by atoms with Crippen LogP contribution in [0.2, 0.25) is 0 Å². The van der Waals surface area contributed by atoms with Gasteiger partial charge in [-0.2, -0.15) is 16.8 Å². The van der Waals surface area contributed by atoms with E-state index >= 15 is 0 Å². The summed E-state index contributed by atoms with van der Waals surface area (Å²) in [6, 6.07) is 7.59. The van der Waals surface area contributed by atoms with Gasteiger partial charge in [-0.3, -0.25) is 0 Å². The Kier molecular flexibility index (Phi) is 8.81. The molecule has 0 aromatic heterocycles. The first kappa shape index (κ1) is 23.2. The molecule has 11 heteroatoms. The molecule has 1 aromatic carbocycles. The monoisotopic (exact) mass is 446 g/mol. The number of nitrogens with zero attached hydrogens (tertiary/aromatic N) is 1. The molecule has 0 unspecified atom stereocenters. The maximum absolute atomic E-state index is 12.8. The Labute approximate surface area is 164 Å². The molecule has 0 radical (unpaired) electrons. The van der Waals surface area contributed by atoms with Crippen molar-refractivity contribution >= 4 is 49.2 Å². The van der Waals surface area contributed by atoms with Gasteiger partial charge in [0, 0.05) is 11.8 Å². The second-order valence-corrected chi connectivity index (χ2v) is 10.6. The van der Waals surface area contributed by atoms with Crippen molar-refractivity contribution in [2.24, 2.45) is 0 Å². The summed E-state index contributed by atoms with van der Waals surface area (Å²) in [6.45, 7) is 0.836. The SMILES string of the molecule is CC[N+](OC(=O)c1ccccc1)(S(=O)(=O)CCCCl)S(=O)(=O)CCCCl. The number of hydrogen-bond acceptors (Lipinski definition) is 6. The highest BCUT2D eigenvalue weighted by atomic mass is 35.5. The summed E-state index contributed by atoms with van der Waals surface area (Å²) in [5.74, 6) is -2.07. The molecule has 0 N–H and O–H groups in total. The fourth-order valence-corrected chi connectivity index (χ4v) is 7.39. The Morgan fingerprint density at radius 3 is 1.81 bits per heavy atom.